The fourth-order valence-corrected chi connectivity index (χ4v) is 5.07. The number of benzene rings is 4. The van der Waals surface area contributed by atoms with Crippen LogP contribution in [0.25, 0.3) is 17.7 Å². The molecule has 0 fully saturated rings. The van der Waals surface area contributed by atoms with Crippen LogP contribution in [0.3, 0.4) is 0 Å². The highest BCUT2D eigenvalue weighted by molar-refractivity contribution is 5.92. The summed E-state index contributed by atoms with van der Waals surface area (Å²) in [5, 5.41) is 0. The molecule has 0 saturated heterocycles. The van der Waals surface area contributed by atoms with Gasteiger partial charge < -0.3 is 0 Å². The van der Waals surface area contributed by atoms with Gasteiger partial charge in [-0.1, -0.05) is 121 Å². The Morgan fingerprint density at radius 1 is 0.406 bits per heavy atom. The summed E-state index contributed by atoms with van der Waals surface area (Å²) in [6.45, 7) is 0. The Hall–Kier alpha value is -3.90. The lowest BCUT2D eigenvalue weighted by atomic mass is 9.84. The van der Waals surface area contributed by atoms with Gasteiger partial charge in [-0.25, -0.2) is 0 Å². The molecule has 0 bridgehead atoms. The topological polar surface area (TPSA) is 0 Å². The van der Waals surface area contributed by atoms with E-state index in [2.05, 4.69) is 121 Å². The highest BCUT2D eigenvalue weighted by atomic mass is 14.3. The molecule has 2 aliphatic rings. The van der Waals surface area contributed by atoms with Gasteiger partial charge in [0.25, 0.3) is 0 Å². The van der Waals surface area contributed by atoms with Gasteiger partial charge in [-0.2, -0.15) is 0 Å². The molecule has 0 saturated carbocycles. The fraction of sp³-hybridized carbons (Fsp3) is 0.0625. The molecular weight excluding hydrogens is 384 g/mol. The molecule has 152 valence electrons. The number of allylic oxidation sites excluding steroid dienone is 3. The summed E-state index contributed by atoms with van der Waals surface area (Å²) in [5.41, 5.74) is 13.6. The normalized spacial score (nSPS) is 13.8. The molecular formula is C32H24. The van der Waals surface area contributed by atoms with Crippen LogP contribution in [0.15, 0.2) is 126 Å². The first kappa shape index (κ1) is 18.8. The van der Waals surface area contributed by atoms with Gasteiger partial charge in [-0.15, -0.1) is 0 Å². The van der Waals surface area contributed by atoms with Crippen LogP contribution in [0.4, 0.5) is 0 Å². The average molecular weight is 409 g/mol. The molecule has 0 spiro atoms. The summed E-state index contributed by atoms with van der Waals surface area (Å²) in [7, 11) is 0. The molecule has 0 N–H and O–H groups in total. The molecule has 0 heterocycles. The van der Waals surface area contributed by atoms with Gasteiger partial charge in [-0.05, 0) is 68.5 Å². The maximum Gasteiger partial charge on any atom is -0.00133 e. The van der Waals surface area contributed by atoms with E-state index in [9.17, 15) is 0 Å². The first-order valence-corrected chi connectivity index (χ1v) is 11.3. The third-order valence-corrected chi connectivity index (χ3v) is 6.55. The van der Waals surface area contributed by atoms with Gasteiger partial charge in [0.15, 0.2) is 0 Å². The van der Waals surface area contributed by atoms with Crippen molar-refractivity contribution in [2.24, 2.45) is 0 Å². The predicted molar refractivity (Wildman–Crippen MR) is 135 cm³/mol. The molecule has 0 heteroatoms. The van der Waals surface area contributed by atoms with E-state index in [1.807, 2.05) is 0 Å². The van der Waals surface area contributed by atoms with Crippen LogP contribution in [0, 0.1) is 0 Å². The van der Waals surface area contributed by atoms with Crippen LogP contribution in [0.2, 0.25) is 0 Å². The molecule has 4 aromatic carbocycles. The number of fused-ring (bicyclic) bond motifs is 2. The molecule has 0 radical (unpaired) electrons. The Labute approximate surface area is 189 Å². The highest BCUT2D eigenvalue weighted by Gasteiger charge is 2.25. The zero-order chi connectivity index (χ0) is 21.3. The minimum Gasteiger partial charge on any atom is -0.0622 e. The van der Waals surface area contributed by atoms with E-state index >= 15 is 0 Å². The van der Waals surface area contributed by atoms with Crippen molar-refractivity contribution in [1.29, 1.82) is 0 Å². The first-order chi connectivity index (χ1) is 15.9. The van der Waals surface area contributed by atoms with E-state index in [0.29, 0.717) is 0 Å². The molecule has 0 amide bonds. The average Bonchev–Trinajstić information content (AvgIpc) is 3.47. The van der Waals surface area contributed by atoms with Crippen LogP contribution < -0.4 is 0 Å². The summed E-state index contributed by atoms with van der Waals surface area (Å²) in [6, 6.07) is 39.3. The van der Waals surface area contributed by atoms with Gasteiger partial charge in [0.05, 0.1) is 0 Å². The molecule has 32 heavy (non-hydrogen) atoms. The van der Waals surface area contributed by atoms with Gasteiger partial charge in [0.2, 0.25) is 0 Å². The number of rotatable bonds is 4. The van der Waals surface area contributed by atoms with E-state index in [1.54, 1.807) is 0 Å². The lowest BCUT2D eigenvalue weighted by Crippen LogP contribution is -2.02. The Morgan fingerprint density at radius 2 is 0.812 bits per heavy atom. The Kier molecular flexibility index (Phi) is 4.70. The molecule has 0 unspecified atom stereocenters. The van der Waals surface area contributed by atoms with Crippen LogP contribution in [0.5, 0.6) is 0 Å². The quantitative estimate of drug-likeness (QED) is 0.323. The zero-order valence-corrected chi connectivity index (χ0v) is 18.0. The van der Waals surface area contributed by atoms with Gasteiger partial charge in [0, 0.05) is 0 Å². The van der Waals surface area contributed by atoms with Crippen molar-refractivity contribution < 1.29 is 0 Å². The number of hydrogen-bond acceptors (Lipinski definition) is 0. The minimum atomic E-state index is 0.975. The van der Waals surface area contributed by atoms with Crippen molar-refractivity contribution in [2.75, 3.05) is 0 Å². The van der Waals surface area contributed by atoms with Crippen LogP contribution in [-0.2, 0) is 12.8 Å². The molecule has 0 nitrogen and oxygen atoms in total. The second-order valence-corrected chi connectivity index (χ2v) is 8.57. The van der Waals surface area contributed by atoms with Gasteiger partial charge in [-0.3, -0.25) is 0 Å². The fourth-order valence-electron chi connectivity index (χ4n) is 5.07. The Balaban J connectivity index is 1.62. The van der Waals surface area contributed by atoms with E-state index in [4.69, 9.17) is 0 Å². The van der Waals surface area contributed by atoms with E-state index < -0.39 is 0 Å². The molecule has 0 aromatic heterocycles. The van der Waals surface area contributed by atoms with Crippen molar-refractivity contribution in [3.8, 4) is 0 Å². The van der Waals surface area contributed by atoms with E-state index in [0.717, 1.165) is 12.8 Å². The third-order valence-electron chi connectivity index (χ3n) is 6.55. The third kappa shape index (κ3) is 3.35. The highest BCUT2D eigenvalue weighted by Crippen LogP contribution is 2.43. The SMILES string of the molecule is C1=C(C(C2=Cc3ccccc3C2)=C(c2ccccc2)c2ccccc2)Cc2ccccc21. The summed E-state index contributed by atoms with van der Waals surface area (Å²) >= 11 is 0. The second-order valence-electron chi connectivity index (χ2n) is 8.57. The largest absolute Gasteiger partial charge is 0.0622 e. The summed E-state index contributed by atoms with van der Waals surface area (Å²) < 4.78 is 0. The lowest BCUT2D eigenvalue weighted by Gasteiger charge is -2.19. The predicted octanol–water partition coefficient (Wildman–Crippen LogP) is 7.77. The van der Waals surface area contributed by atoms with Crippen molar-refractivity contribution in [1.82, 2.24) is 0 Å². The van der Waals surface area contributed by atoms with Crippen LogP contribution in [-0.4, -0.2) is 0 Å². The monoisotopic (exact) mass is 408 g/mol. The number of hydrogen-bond donors (Lipinski definition) is 0. The lowest BCUT2D eigenvalue weighted by molar-refractivity contribution is 1.15. The zero-order valence-electron chi connectivity index (χ0n) is 18.0. The van der Waals surface area contributed by atoms with Crippen LogP contribution >= 0.6 is 0 Å². The van der Waals surface area contributed by atoms with Gasteiger partial charge in [0.1, 0.15) is 0 Å². The molecule has 2 aliphatic carbocycles. The summed E-state index contributed by atoms with van der Waals surface area (Å²) in [4.78, 5) is 0. The molecule has 0 atom stereocenters. The first-order valence-electron chi connectivity index (χ1n) is 11.3. The van der Waals surface area contributed by atoms with Crippen LogP contribution in [0.1, 0.15) is 33.4 Å². The molecule has 0 aliphatic heterocycles. The molecule has 4 aromatic rings. The van der Waals surface area contributed by atoms with Crippen molar-refractivity contribution in [2.45, 2.75) is 12.8 Å². The van der Waals surface area contributed by atoms with Crippen molar-refractivity contribution in [3.63, 3.8) is 0 Å². The minimum absolute atomic E-state index is 0.975. The maximum absolute atomic E-state index is 2.40. The van der Waals surface area contributed by atoms with E-state index in [1.165, 1.54) is 55.7 Å². The standard InChI is InChI=1S/C32H24/c1-3-11-23(12-4-1)31(24-13-5-2-6-14-24)32(29-19-25-15-7-8-16-26(25)20-29)30-21-27-17-9-10-18-28(27)22-30/h1-19,21H,20,22H2. The van der Waals surface area contributed by atoms with Crippen molar-refractivity contribution >= 4 is 17.7 Å². The second kappa shape index (κ2) is 7.98. The Morgan fingerprint density at radius 3 is 1.25 bits per heavy atom. The molecule has 6 rings (SSSR count). The summed E-state index contributed by atoms with van der Waals surface area (Å²) in [5.74, 6) is 0. The summed E-state index contributed by atoms with van der Waals surface area (Å²) in [6.07, 6.45) is 6.76. The maximum atomic E-state index is 2.40. The smallest absolute Gasteiger partial charge is 0.00133 e. The van der Waals surface area contributed by atoms with E-state index in [-0.39, 0.29) is 0 Å². The van der Waals surface area contributed by atoms with Gasteiger partial charge >= 0.3 is 0 Å². The van der Waals surface area contributed by atoms with Crippen molar-refractivity contribution in [3.05, 3.63) is 159 Å². The Bertz CT molecular complexity index is 1280.